The maximum atomic E-state index is 5.98. The van der Waals surface area contributed by atoms with Gasteiger partial charge < -0.3 is 5.32 Å². The van der Waals surface area contributed by atoms with Gasteiger partial charge in [0.2, 0.25) is 0 Å². The highest BCUT2D eigenvalue weighted by atomic mass is 127. The molecule has 0 amide bonds. The second-order valence-electron chi connectivity index (χ2n) is 5.56. The lowest BCUT2D eigenvalue weighted by Crippen LogP contribution is -2.13. The molecule has 3 rings (SSSR count). The molecule has 1 saturated carbocycles. The van der Waals surface area contributed by atoms with Crippen LogP contribution in [-0.2, 0) is 6.54 Å². The Morgan fingerprint density at radius 2 is 2.05 bits per heavy atom. The minimum absolute atomic E-state index is 0.600. The molecule has 0 unspecified atom stereocenters. The van der Waals surface area contributed by atoms with Crippen LogP contribution in [0, 0.1) is 3.57 Å². The van der Waals surface area contributed by atoms with Gasteiger partial charge in [0.1, 0.15) is 0 Å². The highest BCUT2D eigenvalue weighted by Gasteiger charge is 2.15. The highest BCUT2D eigenvalue weighted by Crippen LogP contribution is 2.27. The Hall–Kier alpha value is -0.750. The molecule has 0 bridgehead atoms. The molecule has 1 aliphatic rings. The van der Waals surface area contributed by atoms with E-state index in [1.165, 1.54) is 32.1 Å². The molecule has 112 valence electrons. The zero-order chi connectivity index (χ0) is 14.7. The first-order valence-electron chi connectivity index (χ1n) is 7.45. The first kappa shape index (κ1) is 15.2. The fourth-order valence-electron chi connectivity index (χ4n) is 2.84. The van der Waals surface area contributed by atoms with Gasteiger partial charge >= 0.3 is 0 Å². The lowest BCUT2D eigenvalue weighted by Gasteiger charge is -2.21. The van der Waals surface area contributed by atoms with Crippen molar-refractivity contribution in [1.82, 2.24) is 9.78 Å². The van der Waals surface area contributed by atoms with Gasteiger partial charge in [0, 0.05) is 20.5 Å². The average molecular weight is 416 g/mol. The summed E-state index contributed by atoms with van der Waals surface area (Å²) in [6.45, 7) is 0.747. The summed E-state index contributed by atoms with van der Waals surface area (Å²) in [6.07, 6.45) is 8.70. The monoisotopic (exact) mass is 415 g/mol. The van der Waals surface area contributed by atoms with E-state index in [-0.39, 0.29) is 0 Å². The minimum atomic E-state index is 0.600. The summed E-state index contributed by atoms with van der Waals surface area (Å²) in [5.74, 6) is 0. The van der Waals surface area contributed by atoms with E-state index in [4.69, 9.17) is 16.7 Å². The number of hydrogen-bond acceptors (Lipinski definition) is 2. The molecular weight excluding hydrogens is 397 g/mol. The van der Waals surface area contributed by atoms with Crippen molar-refractivity contribution in [1.29, 1.82) is 0 Å². The predicted octanol–water partition coefficient (Wildman–Crippen LogP) is 5.26. The fraction of sp³-hybridized carbons (Fsp3) is 0.438. The Kier molecular flexibility index (Phi) is 5.06. The van der Waals surface area contributed by atoms with Gasteiger partial charge in [-0.05, 0) is 59.7 Å². The number of hydrogen-bond donors (Lipinski definition) is 1. The van der Waals surface area contributed by atoms with E-state index in [1.54, 1.807) is 0 Å². The van der Waals surface area contributed by atoms with Crippen molar-refractivity contribution in [3.8, 4) is 0 Å². The van der Waals surface area contributed by atoms with E-state index in [0.717, 1.165) is 26.5 Å². The molecule has 1 fully saturated rings. The Bertz CT molecular complexity index is 605. The van der Waals surface area contributed by atoms with E-state index >= 15 is 0 Å². The van der Waals surface area contributed by atoms with Crippen LogP contribution in [-0.4, -0.2) is 9.78 Å². The Morgan fingerprint density at radius 3 is 2.81 bits per heavy atom. The van der Waals surface area contributed by atoms with Crippen molar-refractivity contribution in [3.63, 3.8) is 0 Å². The van der Waals surface area contributed by atoms with Gasteiger partial charge in [-0.25, -0.2) is 0 Å². The maximum Gasteiger partial charge on any atom is 0.0815 e. The number of nitrogens with one attached hydrogen (secondary N) is 1. The lowest BCUT2D eigenvalue weighted by molar-refractivity contribution is 0.328. The summed E-state index contributed by atoms with van der Waals surface area (Å²) in [5.41, 5.74) is 2.19. The first-order chi connectivity index (χ1) is 10.2. The van der Waals surface area contributed by atoms with E-state index in [0.29, 0.717) is 6.04 Å². The van der Waals surface area contributed by atoms with Gasteiger partial charge in [-0.2, -0.15) is 5.10 Å². The summed E-state index contributed by atoms with van der Waals surface area (Å²) in [5, 5.41) is 8.92. The number of rotatable bonds is 4. The van der Waals surface area contributed by atoms with E-state index in [9.17, 15) is 0 Å². The van der Waals surface area contributed by atoms with Crippen LogP contribution in [0.3, 0.4) is 0 Å². The molecule has 5 heteroatoms. The molecule has 0 saturated heterocycles. The third-order valence-corrected chi connectivity index (χ3v) is 5.13. The van der Waals surface area contributed by atoms with Crippen molar-refractivity contribution < 1.29 is 0 Å². The quantitative estimate of drug-likeness (QED) is 0.690. The van der Waals surface area contributed by atoms with Crippen LogP contribution in [0.25, 0.3) is 0 Å². The Balaban J connectivity index is 1.61. The van der Waals surface area contributed by atoms with E-state index in [1.807, 2.05) is 18.2 Å². The summed E-state index contributed by atoms with van der Waals surface area (Å²) in [7, 11) is 0. The summed E-state index contributed by atoms with van der Waals surface area (Å²) >= 11 is 8.27. The number of anilines is 1. The predicted molar refractivity (Wildman–Crippen MR) is 95.8 cm³/mol. The molecule has 3 nitrogen and oxygen atoms in total. The molecule has 1 aliphatic carbocycles. The molecule has 21 heavy (non-hydrogen) atoms. The second-order valence-corrected chi connectivity index (χ2v) is 7.16. The standard InChI is InChI=1S/C16H19ClIN3/c17-12-6-7-16(15(18)10-12)19-11-13-8-9-21(20-13)14-4-2-1-3-5-14/h6-10,14,19H,1-5,11H2. The van der Waals surface area contributed by atoms with Gasteiger partial charge in [0.15, 0.2) is 0 Å². The van der Waals surface area contributed by atoms with Crippen molar-refractivity contribution in [2.45, 2.75) is 44.7 Å². The zero-order valence-electron chi connectivity index (χ0n) is 11.9. The van der Waals surface area contributed by atoms with Crippen LogP contribution in [0.5, 0.6) is 0 Å². The van der Waals surface area contributed by atoms with Crippen LogP contribution in [0.4, 0.5) is 5.69 Å². The molecule has 0 spiro atoms. The summed E-state index contributed by atoms with van der Waals surface area (Å²) < 4.78 is 3.29. The molecule has 1 aromatic heterocycles. The molecule has 1 N–H and O–H groups in total. The first-order valence-corrected chi connectivity index (χ1v) is 8.91. The molecule has 0 radical (unpaired) electrons. The average Bonchev–Trinajstić information content (AvgIpc) is 2.96. The Morgan fingerprint density at radius 1 is 1.24 bits per heavy atom. The smallest absolute Gasteiger partial charge is 0.0815 e. The van der Waals surface area contributed by atoms with Gasteiger partial charge in [-0.3, -0.25) is 4.68 Å². The Labute approximate surface area is 144 Å². The van der Waals surface area contributed by atoms with Gasteiger partial charge in [-0.1, -0.05) is 30.9 Å². The van der Waals surface area contributed by atoms with Crippen LogP contribution in [0.1, 0.15) is 43.8 Å². The van der Waals surface area contributed by atoms with Crippen molar-refractivity contribution >= 4 is 39.9 Å². The van der Waals surface area contributed by atoms with Crippen LogP contribution < -0.4 is 5.32 Å². The van der Waals surface area contributed by atoms with Crippen LogP contribution >= 0.6 is 34.2 Å². The van der Waals surface area contributed by atoms with Crippen molar-refractivity contribution in [2.75, 3.05) is 5.32 Å². The number of halogens is 2. The van der Waals surface area contributed by atoms with Crippen LogP contribution in [0.15, 0.2) is 30.5 Å². The fourth-order valence-corrected chi connectivity index (χ4v) is 3.90. The summed E-state index contributed by atoms with van der Waals surface area (Å²) in [4.78, 5) is 0. The summed E-state index contributed by atoms with van der Waals surface area (Å²) in [6, 6.07) is 8.60. The molecule has 1 aromatic carbocycles. The molecule has 1 heterocycles. The van der Waals surface area contributed by atoms with E-state index < -0.39 is 0 Å². The third kappa shape index (κ3) is 3.92. The number of aromatic nitrogens is 2. The SMILES string of the molecule is Clc1ccc(NCc2ccn(C3CCCCC3)n2)c(I)c1. The molecule has 2 aromatic rings. The van der Waals surface area contributed by atoms with Crippen molar-refractivity contribution in [3.05, 3.63) is 44.7 Å². The van der Waals surface area contributed by atoms with Gasteiger partial charge in [-0.15, -0.1) is 0 Å². The molecular formula is C16H19ClIN3. The molecule has 0 aliphatic heterocycles. The number of nitrogens with zero attached hydrogens (tertiary/aromatic N) is 2. The number of benzene rings is 1. The van der Waals surface area contributed by atoms with Crippen molar-refractivity contribution in [2.24, 2.45) is 0 Å². The maximum absolute atomic E-state index is 5.98. The van der Waals surface area contributed by atoms with Gasteiger partial charge in [0.25, 0.3) is 0 Å². The second kappa shape index (κ2) is 7.01. The van der Waals surface area contributed by atoms with Crippen LogP contribution in [0.2, 0.25) is 5.02 Å². The third-order valence-electron chi connectivity index (χ3n) is 4.00. The largest absolute Gasteiger partial charge is 0.378 e. The highest BCUT2D eigenvalue weighted by molar-refractivity contribution is 14.1. The van der Waals surface area contributed by atoms with Gasteiger partial charge in [0.05, 0.1) is 18.3 Å². The zero-order valence-corrected chi connectivity index (χ0v) is 14.8. The normalized spacial score (nSPS) is 16.1. The lowest BCUT2D eigenvalue weighted by atomic mass is 9.96. The van der Waals surface area contributed by atoms with E-state index in [2.05, 4.69) is 44.9 Å². The molecule has 0 atom stereocenters. The topological polar surface area (TPSA) is 29.9 Å². The minimum Gasteiger partial charge on any atom is -0.378 e.